The van der Waals surface area contributed by atoms with Crippen molar-refractivity contribution in [2.45, 2.75) is 6.42 Å². The molecule has 3 nitrogen and oxygen atoms in total. The average Bonchev–Trinajstić information content (AvgIpc) is 2.77. The summed E-state index contributed by atoms with van der Waals surface area (Å²) in [5, 5.41) is 3.28. The van der Waals surface area contributed by atoms with Gasteiger partial charge in [0, 0.05) is 0 Å². The van der Waals surface area contributed by atoms with Gasteiger partial charge in [-0.15, -0.1) is 0 Å². The molecule has 1 N–H and O–H groups in total. The molecule has 0 radical (unpaired) electrons. The van der Waals surface area contributed by atoms with Crippen LogP contribution in [0.5, 0.6) is 0 Å². The van der Waals surface area contributed by atoms with Gasteiger partial charge in [-0.1, -0.05) is 0 Å². The highest BCUT2D eigenvalue weighted by atomic mass is 16.5. The average molecular weight is 155 g/mol. The quantitative estimate of drug-likeness (QED) is 0.542. The normalized spacial score (nSPS) is 41.0. The molecule has 0 amide bonds. The summed E-state index contributed by atoms with van der Waals surface area (Å²) in [5.41, 5.74) is 0. The SMILES string of the molecule is COC(=O)[C@@H]1[C@@H]2CNCC[C@@H]21. The minimum atomic E-state index is -0.0105. The van der Waals surface area contributed by atoms with E-state index in [2.05, 4.69) is 5.32 Å². The van der Waals surface area contributed by atoms with Crippen molar-refractivity contribution in [2.24, 2.45) is 17.8 Å². The Labute approximate surface area is 66.1 Å². The fourth-order valence-electron chi connectivity index (χ4n) is 2.14. The van der Waals surface area contributed by atoms with Crippen LogP contribution in [-0.2, 0) is 9.53 Å². The molecule has 11 heavy (non-hydrogen) atoms. The van der Waals surface area contributed by atoms with E-state index in [9.17, 15) is 4.79 Å². The molecule has 3 atom stereocenters. The van der Waals surface area contributed by atoms with Crippen LogP contribution >= 0.6 is 0 Å². The van der Waals surface area contributed by atoms with Gasteiger partial charge in [-0.2, -0.15) is 0 Å². The molecular formula is C8H13NO2. The first kappa shape index (κ1) is 7.10. The third kappa shape index (κ3) is 1.03. The zero-order valence-corrected chi connectivity index (χ0v) is 6.67. The summed E-state index contributed by atoms with van der Waals surface area (Å²) in [6, 6.07) is 0. The minimum Gasteiger partial charge on any atom is -0.469 e. The maximum absolute atomic E-state index is 11.1. The summed E-state index contributed by atoms with van der Waals surface area (Å²) in [6.07, 6.45) is 1.14. The third-order valence-electron chi connectivity index (χ3n) is 2.84. The van der Waals surface area contributed by atoms with E-state index in [1.54, 1.807) is 0 Å². The lowest BCUT2D eigenvalue weighted by molar-refractivity contribution is -0.142. The molecular weight excluding hydrogens is 142 g/mol. The second kappa shape index (κ2) is 2.48. The van der Waals surface area contributed by atoms with Crippen molar-refractivity contribution >= 4 is 5.97 Å². The maximum Gasteiger partial charge on any atom is 0.309 e. The van der Waals surface area contributed by atoms with Gasteiger partial charge in [0.05, 0.1) is 13.0 Å². The number of fused-ring (bicyclic) bond motifs is 1. The Kier molecular flexibility index (Phi) is 1.60. The van der Waals surface area contributed by atoms with Crippen molar-refractivity contribution in [2.75, 3.05) is 20.2 Å². The molecule has 62 valence electrons. The highest BCUT2D eigenvalue weighted by Crippen LogP contribution is 2.50. The van der Waals surface area contributed by atoms with E-state index in [4.69, 9.17) is 4.74 Å². The number of rotatable bonds is 1. The Bertz CT molecular complexity index is 169. The number of methoxy groups -OCH3 is 1. The summed E-state index contributed by atoms with van der Waals surface area (Å²) in [5.74, 6) is 1.42. The predicted octanol–water partition coefficient (Wildman–Crippen LogP) is 0.0149. The van der Waals surface area contributed by atoms with Gasteiger partial charge >= 0.3 is 5.97 Å². The zero-order valence-electron chi connectivity index (χ0n) is 6.67. The number of nitrogens with one attached hydrogen (secondary N) is 1. The zero-order chi connectivity index (χ0) is 7.84. The van der Waals surface area contributed by atoms with Crippen LogP contribution in [0.15, 0.2) is 0 Å². The first-order valence-corrected chi connectivity index (χ1v) is 4.13. The fraction of sp³-hybridized carbons (Fsp3) is 0.875. The molecule has 0 aromatic carbocycles. The van der Waals surface area contributed by atoms with Gasteiger partial charge < -0.3 is 10.1 Å². The molecule has 2 fully saturated rings. The summed E-state index contributed by atoms with van der Waals surface area (Å²) in [4.78, 5) is 11.1. The van der Waals surface area contributed by atoms with Gasteiger partial charge in [0.25, 0.3) is 0 Å². The number of ether oxygens (including phenoxy) is 1. The molecule has 0 bridgehead atoms. The Morgan fingerprint density at radius 1 is 1.55 bits per heavy atom. The minimum absolute atomic E-state index is 0.0105. The second-order valence-corrected chi connectivity index (χ2v) is 3.37. The number of esters is 1. The second-order valence-electron chi connectivity index (χ2n) is 3.37. The third-order valence-corrected chi connectivity index (χ3v) is 2.84. The summed E-state index contributed by atoms with van der Waals surface area (Å²) in [6.45, 7) is 2.07. The van der Waals surface area contributed by atoms with Crippen molar-refractivity contribution in [3.63, 3.8) is 0 Å². The lowest BCUT2D eigenvalue weighted by Gasteiger charge is -2.07. The molecule has 1 aliphatic heterocycles. The van der Waals surface area contributed by atoms with Crippen LogP contribution < -0.4 is 5.32 Å². The molecule has 0 spiro atoms. The van der Waals surface area contributed by atoms with Crippen LogP contribution in [0.25, 0.3) is 0 Å². The Morgan fingerprint density at radius 2 is 2.36 bits per heavy atom. The van der Waals surface area contributed by atoms with Crippen molar-refractivity contribution < 1.29 is 9.53 Å². The van der Waals surface area contributed by atoms with Crippen LogP contribution in [0.2, 0.25) is 0 Å². The molecule has 3 heteroatoms. The summed E-state index contributed by atoms with van der Waals surface area (Å²) >= 11 is 0. The molecule has 1 heterocycles. The lowest BCUT2D eigenvalue weighted by Crippen LogP contribution is -2.23. The first-order valence-electron chi connectivity index (χ1n) is 4.13. The molecule has 0 unspecified atom stereocenters. The van der Waals surface area contributed by atoms with E-state index < -0.39 is 0 Å². The Hall–Kier alpha value is -0.570. The van der Waals surface area contributed by atoms with E-state index in [-0.39, 0.29) is 11.9 Å². The number of carbonyl (C=O) groups excluding carboxylic acids is 1. The standard InChI is InChI=1S/C8H13NO2/c1-11-8(10)7-5-2-3-9-4-6(5)7/h5-7,9H,2-4H2,1H3/t5-,6+,7-/m0/s1. The van der Waals surface area contributed by atoms with Gasteiger partial charge in [-0.05, 0) is 31.3 Å². The Balaban J connectivity index is 1.94. The topological polar surface area (TPSA) is 38.3 Å². The van der Waals surface area contributed by atoms with E-state index in [0.717, 1.165) is 19.5 Å². The van der Waals surface area contributed by atoms with E-state index in [1.165, 1.54) is 7.11 Å². The van der Waals surface area contributed by atoms with Gasteiger partial charge in [0.2, 0.25) is 0 Å². The Morgan fingerprint density at radius 3 is 2.91 bits per heavy atom. The molecule has 2 rings (SSSR count). The van der Waals surface area contributed by atoms with Crippen LogP contribution in [0.4, 0.5) is 0 Å². The number of hydrogen-bond donors (Lipinski definition) is 1. The molecule has 0 aromatic rings. The maximum atomic E-state index is 11.1. The predicted molar refractivity (Wildman–Crippen MR) is 40.0 cm³/mol. The van der Waals surface area contributed by atoms with Crippen molar-refractivity contribution in [1.82, 2.24) is 5.32 Å². The van der Waals surface area contributed by atoms with E-state index in [1.807, 2.05) is 0 Å². The van der Waals surface area contributed by atoms with Crippen molar-refractivity contribution in [3.05, 3.63) is 0 Å². The van der Waals surface area contributed by atoms with Gasteiger partial charge in [-0.3, -0.25) is 4.79 Å². The van der Waals surface area contributed by atoms with Crippen LogP contribution in [0.3, 0.4) is 0 Å². The molecule has 1 saturated heterocycles. The number of hydrogen-bond acceptors (Lipinski definition) is 3. The first-order chi connectivity index (χ1) is 5.34. The highest BCUT2D eigenvalue weighted by Gasteiger charge is 2.55. The number of piperidine rings is 1. The highest BCUT2D eigenvalue weighted by molar-refractivity contribution is 5.76. The fourth-order valence-corrected chi connectivity index (χ4v) is 2.14. The van der Waals surface area contributed by atoms with Crippen molar-refractivity contribution in [3.8, 4) is 0 Å². The molecule has 0 aromatic heterocycles. The molecule has 1 saturated carbocycles. The van der Waals surface area contributed by atoms with Crippen molar-refractivity contribution in [1.29, 1.82) is 0 Å². The van der Waals surface area contributed by atoms with E-state index >= 15 is 0 Å². The molecule has 2 aliphatic rings. The van der Waals surface area contributed by atoms with Gasteiger partial charge in [0.1, 0.15) is 0 Å². The smallest absolute Gasteiger partial charge is 0.309 e. The summed E-state index contributed by atoms with van der Waals surface area (Å²) < 4.78 is 4.70. The van der Waals surface area contributed by atoms with Crippen LogP contribution in [-0.4, -0.2) is 26.2 Å². The number of carbonyl (C=O) groups is 1. The van der Waals surface area contributed by atoms with Crippen LogP contribution in [0.1, 0.15) is 6.42 Å². The van der Waals surface area contributed by atoms with E-state index in [0.29, 0.717) is 11.8 Å². The lowest BCUT2D eigenvalue weighted by atomic mass is 10.2. The van der Waals surface area contributed by atoms with Crippen LogP contribution in [0, 0.1) is 17.8 Å². The van der Waals surface area contributed by atoms with Gasteiger partial charge in [-0.25, -0.2) is 0 Å². The monoisotopic (exact) mass is 155 g/mol. The van der Waals surface area contributed by atoms with Gasteiger partial charge in [0.15, 0.2) is 0 Å². The summed E-state index contributed by atoms with van der Waals surface area (Å²) in [7, 11) is 1.47. The largest absolute Gasteiger partial charge is 0.469 e. The molecule has 1 aliphatic carbocycles.